The Hall–Kier alpha value is -2.82. The molecule has 0 saturated heterocycles. The van der Waals surface area contributed by atoms with Gasteiger partial charge in [0.25, 0.3) is 0 Å². The lowest BCUT2D eigenvalue weighted by molar-refractivity contribution is -0.136. The van der Waals surface area contributed by atoms with Gasteiger partial charge in [0, 0.05) is 0 Å². The molecule has 0 bridgehead atoms. The Kier molecular flexibility index (Phi) is 6.34. The molecule has 0 aromatic heterocycles. The Labute approximate surface area is 166 Å². The van der Waals surface area contributed by atoms with E-state index in [1.165, 1.54) is 31.1 Å². The van der Waals surface area contributed by atoms with Gasteiger partial charge in [-0.2, -0.15) is 0 Å². The van der Waals surface area contributed by atoms with Crippen molar-refractivity contribution in [1.29, 1.82) is 0 Å². The van der Waals surface area contributed by atoms with Gasteiger partial charge in [0.1, 0.15) is 5.75 Å². The number of benzene rings is 2. The van der Waals surface area contributed by atoms with Gasteiger partial charge in [0.2, 0.25) is 0 Å². The zero-order valence-corrected chi connectivity index (χ0v) is 16.8. The molecule has 1 atom stereocenters. The van der Waals surface area contributed by atoms with Crippen LogP contribution in [-0.2, 0) is 22.4 Å². The van der Waals surface area contributed by atoms with Crippen LogP contribution in [0.25, 0.3) is 0 Å². The van der Waals surface area contributed by atoms with Gasteiger partial charge in [-0.25, -0.2) is 0 Å². The number of carbonyl (C=O) groups is 2. The number of fused-ring (bicyclic) bond motifs is 1. The number of amides is 2. The molecule has 0 saturated carbocycles. The van der Waals surface area contributed by atoms with E-state index in [4.69, 9.17) is 4.74 Å². The van der Waals surface area contributed by atoms with Crippen molar-refractivity contribution in [2.24, 2.45) is 0 Å². The highest BCUT2D eigenvalue weighted by Gasteiger charge is 2.21. The number of hydrogen-bond acceptors (Lipinski definition) is 3. The summed E-state index contributed by atoms with van der Waals surface area (Å²) in [5.74, 6) is -0.818. The highest BCUT2D eigenvalue weighted by Crippen LogP contribution is 2.27. The van der Waals surface area contributed by atoms with Crippen LogP contribution in [0.2, 0.25) is 0 Å². The summed E-state index contributed by atoms with van der Waals surface area (Å²) < 4.78 is 5.26. The zero-order chi connectivity index (χ0) is 20.1. The Bertz CT molecular complexity index is 876. The monoisotopic (exact) mass is 380 g/mol. The number of anilines is 1. The molecule has 0 aliphatic heterocycles. The van der Waals surface area contributed by atoms with Gasteiger partial charge in [-0.05, 0) is 73.4 Å². The van der Waals surface area contributed by atoms with Crippen LogP contribution in [0.5, 0.6) is 5.75 Å². The number of methoxy groups -OCH3 is 1. The van der Waals surface area contributed by atoms with E-state index in [1.807, 2.05) is 19.9 Å². The van der Waals surface area contributed by atoms with Crippen molar-refractivity contribution in [3.63, 3.8) is 0 Å². The van der Waals surface area contributed by atoms with Gasteiger partial charge in [-0.1, -0.05) is 31.2 Å². The summed E-state index contributed by atoms with van der Waals surface area (Å²) >= 11 is 0. The molecule has 1 unspecified atom stereocenters. The molecule has 2 aromatic carbocycles. The minimum absolute atomic E-state index is 0.190. The minimum atomic E-state index is -0.694. The first kappa shape index (κ1) is 19.9. The smallest absolute Gasteiger partial charge is 0.313 e. The summed E-state index contributed by atoms with van der Waals surface area (Å²) in [6, 6.07) is 11.7. The van der Waals surface area contributed by atoms with Gasteiger partial charge in [-0.15, -0.1) is 0 Å². The van der Waals surface area contributed by atoms with Crippen LogP contribution in [0.3, 0.4) is 0 Å². The summed E-state index contributed by atoms with van der Waals surface area (Å²) in [5, 5.41) is 5.53. The van der Waals surface area contributed by atoms with Crippen LogP contribution in [-0.4, -0.2) is 18.9 Å². The highest BCUT2D eigenvalue weighted by atomic mass is 16.5. The lowest BCUT2D eigenvalue weighted by atomic mass is 9.89. The van der Waals surface area contributed by atoms with E-state index in [-0.39, 0.29) is 6.04 Å². The second kappa shape index (κ2) is 8.91. The number of rotatable bonds is 5. The summed E-state index contributed by atoms with van der Waals surface area (Å²) in [4.78, 5) is 24.9. The molecule has 2 aromatic rings. The van der Waals surface area contributed by atoms with E-state index in [0.717, 1.165) is 24.0 Å². The van der Waals surface area contributed by atoms with Crippen molar-refractivity contribution in [3.8, 4) is 5.75 Å². The Morgan fingerprint density at radius 2 is 1.79 bits per heavy atom. The van der Waals surface area contributed by atoms with Gasteiger partial charge in [0.15, 0.2) is 0 Å². The predicted octanol–water partition coefficient (Wildman–Crippen LogP) is 4.09. The van der Waals surface area contributed by atoms with Crippen LogP contribution in [0.4, 0.5) is 5.69 Å². The van der Waals surface area contributed by atoms with E-state index in [0.29, 0.717) is 17.9 Å². The third-order valence-corrected chi connectivity index (χ3v) is 5.30. The van der Waals surface area contributed by atoms with Crippen LogP contribution in [0.15, 0.2) is 36.4 Å². The number of carbonyl (C=O) groups excluding carboxylic acids is 2. The quantitative estimate of drug-likeness (QED) is 0.768. The number of aryl methyl sites for hydroxylation is 3. The van der Waals surface area contributed by atoms with E-state index < -0.39 is 11.8 Å². The lowest BCUT2D eigenvalue weighted by Gasteiger charge is -2.21. The summed E-state index contributed by atoms with van der Waals surface area (Å²) in [6.45, 7) is 3.92. The molecular weight excluding hydrogens is 352 g/mol. The fraction of sp³-hybridized carbons (Fsp3) is 0.391. The average Bonchev–Trinajstić information content (AvgIpc) is 2.71. The number of nitrogens with one attached hydrogen (secondary N) is 2. The first-order chi connectivity index (χ1) is 13.5. The van der Waals surface area contributed by atoms with Crippen LogP contribution in [0.1, 0.15) is 54.5 Å². The first-order valence-corrected chi connectivity index (χ1v) is 9.90. The van der Waals surface area contributed by atoms with Crippen molar-refractivity contribution >= 4 is 17.5 Å². The van der Waals surface area contributed by atoms with Crippen LogP contribution < -0.4 is 15.4 Å². The SMILES string of the molecule is CCC(NC(=O)C(=O)Nc1cc(C)ccc1OC)c1ccc2c(c1)CCCC2. The van der Waals surface area contributed by atoms with Gasteiger partial charge in [-0.3, -0.25) is 9.59 Å². The molecule has 148 valence electrons. The maximum absolute atomic E-state index is 12.5. The standard InChI is InChI=1S/C23H28N2O3/c1-4-19(18-11-10-16-7-5-6-8-17(16)14-18)24-22(26)23(27)25-20-13-15(2)9-12-21(20)28-3/h9-14,19H,4-8H2,1-3H3,(H,24,26)(H,25,27). The van der Waals surface area contributed by atoms with Crippen molar-refractivity contribution in [3.05, 3.63) is 58.7 Å². The molecule has 5 nitrogen and oxygen atoms in total. The predicted molar refractivity (Wildman–Crippen MR) is 111 cm³/mol. The van der Waals surface area contributed by atoms with Crippen molar-refractivity contribution in [2.45, 2.75) is 52.0 Å². The second-order valence-corrected chi connectivity index (χ2v) is 7.33. The third kappa shape index (κ3) is 4.53. The molecule has 2 amide bonds. The normalized spacial score (nSPS) is 14.0. The molecular formula is C23H28N2O3. The van der Waals surface area contributed by atoms with Gasteiger partial charge >= 0.3 is 11.8 Å². The van der Waals surface area contributed by atoms with Gasteiger partial charge in [0.05, 0.1) is 18.8 Å². The Balaban J connectivity index is 1.70. The molecule has 1 aliphatic rings. The van der Waals surface area contributed by atoms with Crippen LogP contribution in [0, 0.1) is 6.92 Å². The molecule has 5 heteroatoms. The van der Waals surface area contributed by atoms with Crippen molar-refractivity contribution in [1.82, 2.24) is 5.32 Å². The van der Waals surface area contributed by atoms with Crippen molar-refractivity contribution in [2.75, 3.05) is 12.4 Å². The fourth-order valence-electron chi connectivity index (χ4n) is 3.71. The molecule has 28 heavy (non-hydrogen) atoms. The molecule has 0 heterocycles. The largest absolute Gasteiger partial charge is 0.495 e. The average molecular weight is 380 g/mol. The molecule has 0 spiro atoms. The Morgan fingerprint density at radius 1 is 1.04 bits per heavy atom. The van der Waals surface area contributed by atoms with E-state index >= 15 is 0 Å². The first-order valence-electron chi connectivity index (χ1n) is 9.90. The summed E-state index contributed by atoms with van der Waals surface area (Å²) in [5.41, 5.74) is 5.28. The van der Waals surface area contributed by atoms with E-state index in [1.54, 1.807) is 12.1 Å². The second-order valence-electron chi connectivity index (χ2n) is 7.33. The molecule has 3 rings (SSSR count). The summed E-state index contributed by atoms with van der Waals surface area (Å²) in [6.07, 6.45) is 5.37. The van der Waals surface area contributed by atoms with Crippen LogP contribution >= 0.6 is 0 Å². The van der Waals surface area contributed by atoms with Crippen molar-refractivity contribution < 1.29 is 14.3 Å². The molecule has 2 N–H and O–H groups in total. The lowest BCUT2D eigenvalue weighted by Crippen LogP contribution is -2.37. The molecule has 1 aliphatic carbocycles. The van der Waals surface area contributed by atoms with E-state index in [9.17, 15) is 9.59 Å². The number of hydrogen-bond donors (Lipinski definition) is 2. The van der Waals surface area contributed by atoms with E-state index in [2.05, 4.69) is 28.8 Å². The fourth-order valence-corrected chi connectivity index (χ4v) is 3.71. The topological polar surface area (TPSA) is 67.4 Å². The Morgan fingerprint density at radius 3 is 2.50 bits per heavy atom. The third-order valence-electron chi connectivity index (χ3n) is 5.30. The summed E-state index contributed by atoms with van der Waals surface area (Å²) in [7, 11) is 1.53. The molecule has 0 radical (unpaired) electrons. The maximum atomic E-state index is 12.5. The van der Waals surface area contributed by atoms with Gasteiger partial charge < -0.3 is 15.4 Å². The maximum Gasteiger partial charge on any atom is 0.313 e. The highest BCUT2D eigenvalue weighted by molar-refractivity contribution is 6.39. The number of ether oxygens (including phenoxy) is 1. The zero-order valence-electron chi connectivity index (χ0n) is 16.8. The molecule has 0 fully saturated rings. The minimum Gasteiger partial charge on any atom is -0.495 e.